The highest BCUT2D eigenvalue weighted by Crippen LogP contribution is 1.80. The summed E-state index contributed by atoms with van der Waals surface area (Å²) >= 11 is 0. The zero-order chi connectivity index (χ0) is 9.07. The van der Waals surface area contributed by atoms with Crippen molar-refractivity contribution in [1.82, 2.24) is 5.32 Å². The minimum atomic E-state index is 0.0852. The Bertz CT molecular complexity index is 123. The van der Waals surface area contributed by atoms with E-state index in [0.717, 1.165) is 19.5 Å². The minimum Gasteiger partial charge on any atom is -0.394 e. The summed E-state index contributed by atoms with van der Waals surface area (Å²) in [7, 11) is 0. The van der Waals surface area contributed by atoms with Crippen LogP contribution < -0.4 is 5.32 Å². The smallest absolute Gasteiger partial charge is 0.0697 e. The Hall–Kier alpha value is -0.630. The molecule has 0 aliphatic heterocycles. The predicted octanol–water partition coefficient (Wildman–Crippen LogP) is -0.111. The Labute approximate surface area is 73.1 Å². The van der Waals surface area contributed by atoms with Crippen LogP contribution in [0.25, 0.3) is 0 Å². The third-order valence-corrected chi connectivity index (χ3v) is 1.29. The summed E-state index contributed by atoms with van der Waals surface area (Å²) in [4.78, 5) is 0. The molecular formula is C8H16N2O2. The molecule has 12 heavy (non-hydrogen) atoms. The van der Waals surface area contributed by atoms with Crippen LogP contribution in [0.5, 0.6) is 0 Å². The third-order valence-electron chi connectivity index (χ3n) is 1.29. The van der Waals surface area contributed by atoms with Gasteiger partial charge in [-0.1, -0.05) is 0 Å². The molecule has 0 rings (SSSR count). The largest absolute Gasteiger partial charge is 0.394 e. The summed E-state index contributed by atoms with van der Waals surface area (Å²) in [5.41, 5.74) is 0. The molecule has 0 unspecified atom stereocenters. The van der Waals surface area contributed by atoms with E-state index in [1.807, 2.05) is 0 Å². The molecule has 4 heteroatoms. The molecule has 0 aromatic heterocycles. The molecular weight excluding hydrogens is 156 g/mol. The SMILES string of the molecule is N#CCCNCCCOCCO. The molecule has 0 amide bonds. The molecule has 0 aromatic carbocycles. The van der Waals surface area contributed by atoms with Crippen molar-refractivity contribution in [2.75, 3.05) is 32.9 Å². The number of aliphatic hydroxyl groups is 1. The van der Waals surface area contributed by atoms with E-state index in [0.29, 0.717) is 19.6 Å². The average Bonchev–Trinajstić information content (AvgIpc) is 2.10. The Morgan fingerprint density at radius 3 is 2.83 bits per heavy atom. The summed E-state index contributed by atoms with van der Waals surface area (Å²) in [6.07, 6.45) is 1.48. The van der Waals surface area contributed by atoms with Crippen LogP contribution in [0.2, 0.25) is 0 Å². The standard InChI is InChI=1S/C8H16N2O2/c9-3-1-4-10-5-2-7-12-8-6-11/h10-11H,1-2,4-8H2. The topological polar surface area (TPSA) is 65.3 Å². The molecule has 0 aliphatic rings. The van der Waals surface area contributed by atoms with Gasteiger partial charge in [-0.25, -0.2) is 0 Å². The first-order valence-electron chi connectivity index (χ1n) is 4.18. The van der Waals surface area contributed by atoms with Gasteiger partial charge in [-0.05, 0) is 13.0 Å². The normalized spacial score (nSPS) is 9.67. The van der Waals surface area contributed by atoms with Crippen molar-refractivity contribution in [2.45, 2.75) is 12.8 Å². The zero-order valence-electron chi connectivity index (χ0n) is 7.25. The Morgan fingerprint density at radius 2 is 2.17 bits per heavy atom. The summed E-state index contributed by atoms with van der Waals surface area (Å²) in [5, 5.41) is 19.7. The lowest BCUT2D eigenvalue weighted by molar-refractivity contribution is 0.0908. The molecule has 0 spiro atoms. The van der Waals surface area contributed by atoms with Crippen LogP contribution in [0.3, 0.4) is 0 Å². The van der Waals surface area contributed by atoms with Gasteiger partial charge in [0.1, 0.15) is 0 Å². The second-order valence-corrected chi connectivity index (χ2v) is 2.35. The number of aliphatic hydroxyl groups excluding tert-OH is 1. The van der Waals surface area contributed by atoms with Crippen LogP contribution in [0.1, 0.15) is 12.8 Å². The fourth-order valence-electron chi connectivity index (χ4n) is 0.735. The van der Waals surface area contributed by atoms with E-state index in [1.54, 1.807) is 0 Å². The number of nitrogens with one attached hydrogen (secondary N) is 1. The van der Waals surface area contributed by atoms with Gasteiger partial charge in [0.25, 0.3) is 0 Å². The highest BCUT2D eigenvalue weighted by Gasteiger charge is 1.88. The Balaban J connectivity index is 2.78. The van der Waals surface area contributed by atoms with Crippen LogP contribution in [0.15, 0.2) is 0 Å². The molecule has 0 fully saturated rings. The molecule has 0 atom stereocenters. The second-order valence-electron chi connectivity index (χ2n) is 2.35. The molecule has 0 aromatic rings. The molecule has 0 heterocycles. The zero-order valence-corrected chi connectivity index (χ0v) is 7.25. The van der Waals surface area contributed by atoms with Gasteiger partial charge in [0.2, 0.25) is 0 Å². The fraction of sp³-hybridized carbons (Fsp3) is 0.875. The van der Waals surface area contributed by atoms with Crippen molar-refractivity contribution in [1.29, 1.82) is 5.26 Å². The van der Waals surface area contributed by atoms with Crippen LogP contribution in [0, 0.1) is 11.3 Å². The molecule has 70 valence electrons. The maximum absolute atomic E-state index is 8.36. The first-order chi connectivity index (χ1) is 5.91. The monoisotopic (exact) mass is 172 g/mol. The second kappa shape index (κ2) is 10.4. The van der Waals surface area contributed by atoms with Gasteiger partial charge in [0.15, 0.2) is 0 Å². The van der Waals surface area contributed by atoms with Gasteiger partial charge in [-0.3, -0.25) is 0 Å². The fourth-order valence-corrected chi connectivity index (χ4v) is 0.735. The van der Waals surface area contributed by atoms with Gasteiger partial charge in [-0.2, -0.15) is 5.26 Å². The van der Waals surface area contributed by atoms with Crippen molar-refractivity contribution < 1.29 is 9.84 Å². The number of rotatable bonds is 8. The Morgan fingerprint density at radius 1 is 1.33 bits per heavy atom. The molecule has 0 saturated carbocycles. The van der Waals surface area contributed by atoms with Crippen LogP contribution in [-0.4, -0.2) is 38.0 Å². The van der Waals surface area contributed by atoms with Crippen LogP contribution >= 0.6 is 0 Å². The van der Waals surface area contributed by atoms with Gasteiger partial charge < -0.3 is 15.2 Å². The summed E-state index contributed by atoms with van der Waals surface area (Å²) in [5.74, 6) is 0. The summed E-state index contributed by atoms with van der Waals surface area (Å²) < 4.78 is 5.03. The number of nitriles is 1. The highest BCUT2D eigenvalue weighted by atomic mass is 16.5. The van der Waals surface area contributed by atoms with E-state index >= 15 is 0 Å². The molecule has 2 N–H and O–H groups in total. The lowest BCUT2D eigenvalue weighted by Crippen LogP contribution is -2.18. The lowest BCUT2D eigenvalue weighted by atomic mass is 10.4. The molecule has 0 saturated heterocycles. The van der Waals surface area contributed by atoms with Crippen LogP contribution in [0.4, 0.5) is 0 Å². The number of ether oxygens (including phenoxy) is 1. The van der Waals surface area contributed by atoms with Gasteiger partial charge >= 0.3 is 0 Å². The van der Waals surface area contributed by atoms with E-state index in [1.165, 1.54) is 0 Å². The quantitative estimate of drug-likeness (QED) is 0.501. The van der Waals surface area contributed by atoms with E-state index < -0.39 is 0 Å². The van der Waals surface area contributed by atoms with Crippen molar-refractivity contribution in [2.24, 2.45) is 0 Å². The molecule has 0 radical (unpaired) electrons. The van der Waals surface area contributed by atoms with Gasteiger partial charge in [-0.15, -0.1) is 0 Å². The first-order valence-corrected chi connectivity index (χ1v) is 4.18. The highest BCUT2D eigenvalue weighted by molar-refractivity contribution is 4.69. The minimum absolute atomic E-state index is 0.0852. The van der Waals surface area contributed by atoms with Crippen molar-refractivity contribution in [3.05, 3.63) is 0 Å². The molecule has 4 nitrogen and oxygen atoms in total. The van der Waals surface area contributed by atoms with Crippen molar-refractivity contribution >= 4 is 0 Å². The first kappa shape index (κ1) is 11.4. The third kappa shape index (κ3) is 9.37. The summed E-state index contributed by atoms with van der Waals surface area (Å²) in [6, 6.07) is 2.05. The van der Waals surface area contributed by atoms with E-state index in [2.05, 4.69) is 11.4 Å². The van der Waals surface area contributed by atoms with E-state index in [-0.39, 0.29) is 6.61 Å². The summed E-state index contributed by atoms with van der Waals surface area (Å²) in [6.45, 7) is 2.78. The lowest BCUT2D eigenvalue weighted by Gasteiger charge is -2.02. The van der Waals surface area contributed by atoms with Crippen LogP contribution in [-0.2, 0) is 4.74 Å². The van der Waals surface area contributed by atoms with Crippen molar-refractivity contribution in [3.8, 4) is 6.07 Å². The van der Waals surface area contributed by atoms with Gasteiger partial charge in [0.05, 0.1) is 19.3 Å². The molecule has 0 bridgehead atoms. The Kier molecular flexibility index (Phi) is 9.83. The molecule has 0 aliphatic carbocycles. The number of hydrogen-bond acceptors (Lipinski definition) is 4. The predicted molar refractivity (Wildman–Crippen MR) is 45.6 cm³/mol. The maximum Gasteiger partial charge on any atom is 0.0697 e. The average molecular weight is 172 g/mol. The van der Waals surface area contributed by atoms with E-state index in [9.17, 15) is 0 Å². The van der Waals surface area contributed by atoms with Gasteiger partial charge in [0, 0.05) is 19.6 Å². The maximum atomic E-state index is 8.36. The number of nitrogens with zero attached hydrogens (tertiary/aromatic N) is 1. The van der Waals surface area contributed by atoms with E-state index in [4.69, 9.17) is 15.1 Å². The van der Waals surface area contributed by atoms with Crippen molar-refractivity contribution in [3.63, 3.8) is 0 Å². The number of hydrogen-bond donors (Lipinski definition) is 2.